The summed E-state index contributed by atoms with van der Waals surface area (Å²) in [4.78, 5) is 4.25. The van der Waals surface area contributed by atoms with Crippen LogP contribution in [0.1, 0.15) is 5.56 Å². The first-order valence-electron chi connectivity index (χ1n) is 4.65. The molecule has 2 aromatic rings. The molecule has 0 amide bonds. The zero-order valence-corrected chi connectivity index (χ0v) is 9.12. The van der Waals surface area contributed by atoms with Gasteiger partial charge in [-0.2, -0.15) is 0 Å². The fourth-order valence-corrected chi connectivity index (χ4v) is 1.71. The van der Waals surface area contributed by atoms with E-state index >= 15 is 0 Å². The summed E-state index contributed by atoms with van der Waals surface area (Å²) < 4.78 is 0. The lowest BCUT2D eigenvalue weighted by atomic mass is 10.1. The molecule has 1 aromatic heterocycles. The second kappa shape index (κ2) is 3.91. The largest absolute Gasteiger partial charge is 0.399 e. The highest BCUT2D eigenvalue weighted by Gasteiger charge is 2.07. The summed E-state index contributed by atoms with van der Waals surface area (Å²) in [6, 6.07) is 9.42. The van der Waals surface area contributed by atoms with Gasteiger partial charge in [0.25, 0.3) is 0 Å². The van der Waals surface area contributed by atoms with Crippen LogP contribution in [0.4, 0.5) is 5.69 Å². The third kappa shape index (κ3) is 1.95. The highest BCUT2D eigenvalue weighted by atomic mass is 35.5. The number of hydrogen-bond donors (Lipinski definition) is 1. The van der Waals surface area contributed by atoms with Crippen molar-refractivity contribution in [2.75, 3.05) is 5.73 Å². The molecule has 1 heterocycles. The van der Waals surface area contributed by atoms with Gasteiger partial charge in [0.1, 0.15) is 0 Å². The standard InChI is InChI=1S/C12H11ClN2/c1-8-6-9(14)7-10(12(8)13)11-4-2-3-5-15-11/h2-7H,14H2,1H3. The molecule has 2 rings (SSSR count). The molecule has 0 saturated carbocycles. The first-order chi connectivity index (χ1) is 7.18. The number of hydrogen-bond acceptors (Lipinski definition) is 2. The van der Waals surface area contributed by atoms with Crippen LogP contribution in [0.25, 0.3) is 11.3 Å². The van der Waals surface area contributed by atoms with Gasteiger partial charge < -0.3 is 5.73 Å². The van der Waals surface area contributed by atoms with Crippen LogP contribution in [0.15, 0.2) is 36.5 Å². The van der Waals surface area contributed by atoms with Crippen molar-refractivity contribution in [3.05, 3.63) is 47.1 Å². The summed E-state index contributed by atoms with van der Waals surface area (Å²) in [6.07, 6.45) is 1.74. The Labute approximate surface area is 93.7 Å². The Kier molecular flexibility index (Phi) is 2.60. The highest BCUT2D eigenvalue weighted by molar-refractivity contribution is 6.34. The number of nitrogen functional groups attached to an aromatic ring is 1. The van der Waals surface area contributed by atoms with Crippen molar-refractivity contribution in [2.45, 2.75) is 6.92 Å². The molecule has 0 radical (unpaired) electrons. The van der Waals surface area contributed by atoms with E-state index in [1.54, 1.807) is 6.20 Å². The molecule has 15 heavy (non-hydrogen) atoms. The first-order valence-corrected chi connectivity index (χ1v) is 5.03. The van der Waals surface area contributed by atoms with Crippen LogP contribution in [0.3, 0.4) is 0 Å². The Balaban J connectivity index is 2.63. The zero-order valence-electron chi connectivity index (χ0n) is 8.37. The molecule has 3 heteroatoms. The maximum absolute atomic E-state index is 6.20. The summed E-state index contributed by atoms with van der Waals surface area (Å²) >= 11 is 6.20. The number of nitrogens with two attached hydrogens (primary N) is 1. The van der Waals surface area contributed by atoms with Gasteiger partial charge >= 0.3 is 0 Å². The van der Waals surface area contributed by atoms with Gasteiger partial charge in [-0.15, -0.1) is 0 Å². The van der Waals surface area contributed by atoms with Crippen molar-refractivity contribution >= 4 is 17.3 Å². The van der Waals surface area contributed by atoms with Crippen LogP contribution in [0.5, 0.6) is 0 Å². The van der Waals surface area contributed by atoms with Gasteiger partial charge in [0.15, 0.2) is 0 Å². The molecular formula is C12H11ClN2. The van der Waals surface area contributed by atoms with E-state index in [0.717, 1.165) is 16.8 Å². The molecule has 0 bridgehead atoms. The lowest BCUT2D eigenvalue weighted by molar-refractivity contribution is 1.32. The minimum absolute atomic E-state index is 0.706. The lowest BCUT2D eigenvalue weighted by Gasteiger charge is -2.07. The SMILES string of the molecule is Cc1cc(N)cc(-c2ccccn2)c1Cl. The topological polar surface area (TPSA) is 38.9 Å². The van der Waals surface area contributed by atoms with Gasteiger partial charge in [-0.3, -0.25) is 4.98 Å². The minimum atomic E-state index is 0.706. The monoisotopic (exact) mass is 218 g/mol. The lowest BCUT2D eigenvalue weighted by Crippen LogP contribution is -1.91. The van der Waals surface area contributed by atoms with Crippen LogP contribution < -0.4 is 5.73 Å². The van der Waals surface area contributed by atoms with E-state index in [0.29, 0.717) is 10.7 Å². The third-order valence-electron chi connectivity index (χ3n) is 2.22. The number of aromatic nitrogens is 1. The Bertz CT molecular complexity index is 480. The molecule has 0 aliphatic carbocycles. The number of nitrogens with zero attached hydrogens (tertiary/aromatic N) is 1. The van der Waals surface area contributed by atoms with E-state index in [4.69, 9.17) is 17.3 Å². The second-order valence-electron chi connectivity index (χ2n) is 3.41. The van der Waals surface area contributed by atoms with E-state index < -0.39 is 0 Å². The predicted octanol–water partition coefficient (Wildman–Crippen LogP) is 3.29. The number of halogens is 1. The summed E-state index contributed by atoms with van der Waals surface area (Å²) in [5.41, 5.74) is 9.18. The quantitative estimate of drug-likeness (QED) is 0.746. The summed E-state index contributed by atoms with van der Waals surface area (Å²) in [7, 11) is 0. The van der Waals surface area contributed by atoms with Crippen LogP contribution >= 0.6 is 11.6 Å². The summed E-state index contributed by atoms with van der Waals surface area (Å²) in [5, 5.41) is 0.711. The van der Waals surface area contributed by atoms with Gasteiger partial charge in [0.05, 0.1) is 10.7 Å². The molecule has 0 aliphatic rings. The highest BCUT2D eigenvalue weighted by Crippen LogP contribution is 2.31. The van der Waals surface area contributed by atoms with Gasteiger partial charge in [-0.05, 0) is 36.8 Å². The number of rotatable bonds is 1. The Morgan fingerprint density at radius 1 is 1.27 bits per heavy atom. The smallest absolute Gasteiger partial charge is 0.0717 e. The molecular weight excluding hydrogens is 208 g/mol. The van der Waals surface area contributed by atoms with E-state index in [1.165, 1.54) is 0 Å². The first kappa shape index (κ1) is 9.99. The molecule has 2 N–H and O–H groups in total. The van der Waals surface area contributed by atoms with E-state index in [1.807, 2.05) is 37.3 Å². The van der Waals surface area contributed by atoms with E-state index in [-0.39, 0.29) is 0 Å². The van der Waals surface area contributed by atoms with Gasteiger partial charge in [-0.25, -0.2) is 0 Å². The molecule has 0 spiro atoms. The van der Waals surface area contributed by atoms with Crippen molar-refractivity contribution < 1.29 is 0 Å². The maximum atomic E-state index is 6.20. The molecule has 0 aliphatic heterocycles. The molecule has 2 nitrogen and oxygen atoms in total. The van der Waals surface area contributed by atoms with Crippen LogP contribution in [0, 0.1) is 6.92 Å². The second-order valence-corrected chi connectivity index (χ2v) is 3.79. The number of aryl methyl sites for hydroxylation is 1. The van der Waals surface area contributed by atoms with Crippen molar-refractivity contribution in [2.24, 2.45) is 0 Å². The Hall–Kier alpha value is -1.54. The number of benzene rings is 1. The van der Waals surface area contributed by atoms with Gasteiger partial charge in [0, 0.05) is 17.4 Å². The molecule has 0 saturated heterocycles. The number of anilines is 1. The van der Waals surface area contributed by atoms with E-state index in [2.05, 4.69) is 4.98 Å². The normalized spacial score (nSPS) is 10.3. The Morgan fingerprint density at radius 3 is 2.73 bits per heavy atom. The van der Waals surface area contributed by atoms with Crippen molar-refractivity contribution in [1.82, 2.24) is 4.98 Å². The van der Waals surface area contributed by atoms with Crippen molar-refractivity contribution in [3.8, 4) is 11.3 Å². The number of pyridine rings is 1. The summed E-state index contributed by atoms with van der Waals surface area (Å²) in [5.74, 6) is 0. The third-order valence-corrected chi connectivity index (χ3v) is 2.72. The molecule has 0 atom stereocenters. The zero-order chi connectivity index (χ0) is 10.8. The average Bonchev–Trinajstić information content (AvgIpc) is 2.24. The fraction of sp³-hybridized carbons (Fsp3) is 0.0833. The molecule has 0 fully saturated rings. The van der Waals surface area contributed by atoms with Crippen LogP contribution in [-0.2, 0) is 0 Å². The maximum Gasteiger partial charge on any atom is 0.0717 e. The van der Waals surface area contributed by atoms with Gasteiger partial charge in [-0.1, -0.05) is 17.7 Å². The molecule has 1 aromatic carbocycles. The van der Waals surface area contributed by atoms with E-state index in [9.17, 15) is 0 Å². The van der Waals surface area contributed by atoms with Crippen molar-refractivity contribution in [3.63, 3.8) is 0 Å². The Morgan fingerprint density at radius 2 is 2.07 bits per heavy atom. The average molecular weight is 219 g/mol. The molecule has 0 unspecified atom stereocenters. The minimum Gasteiger partial charge on any atom is -0.399 e. The summed E-state index contributed by atoms with van der Waals surface area (Å²) in [6.45, 7) is 1.94. The van der Waals surface area contributed by atoms with Crippen LogP contribution in [-0.4, -0.2) is 4.98 Å². The fourth-order valence-electron chi connectivity index (χ4n) is 1.51. The van der Waals surface area contributed by atoms with Crippen molar-refractivity contribution in [1.29, 1.82) is 0 Å². The van der Waals surface area contributed by atoms with Crippen LogP contribution in [0.2, 0.25) is 5.02 Å². The molecule has 76 valence electrons. The van der Waals surface area contributed by atoms with Gasteiger partial charge in [0.2, 0.25) is 0 Å². The predicted molar refractivity (Wildman–Crippen MR) is 63.8 cm³/mol.